The summed E-state index contributed by atoms with van der Waals surface area (Å²) in [6, 6.07) is 15.9. The zero-order valence-corrected chi connectivity index (χ0v) is 9.61. The Morgan fingerprint density at radius 2 is 1.56 bits per heavy atom. The second kappa shape index (κ2) is 5.33. The second-order valence-electron chi connectivity index (χ2n) is 3.80. The third kappa shape index (κ3) is 2.87. The van der Waals surface area contributed by atoms with E-state index in [9.17, 15) is 9.90 Å². The summed E-state index contributed by atoms with van der Waals surface area (Å²) < 4.78 is 4.71. The minimum Gasteiger partial charge on any atom is -0.411 e. The van der Waals surface area contributed by atoms with Gasteiger partial charge in [-0.3, -0.25) is 0 Å². The molecule has 0 fully saturated rings. The summed E-state index contributed by atoms with van der Waals surface area (Å²) in [6.45, 7) is 0. The predicted molar refractivity (Wildman–Crippen MR) is 67.2 cm³/mol. The summed E-state index contributed by atoms with van der Waals surface area (Å²) in [5, 5.41) is 10.1. The van der Waals surface area contributed by atoms with Crippen LogP contribution < -0.4 is 10.5 Å². The fourth-order valence-electron chi connectivity index (χ4n) is 1.66. The molecule has 1 unspecified atom stereocenters. The van der Waals surface area contributed by atoms with E-state index in [2.05, 4.69) is 0 Å². The summed E-state index contributed by atoms with van der Waals surface area (Å²) >= 11 is 0. The lowest BCUT2D eigenvalue weighted by Gasteiger charge is -2.11. The van der Waals surface area contributed by atoms with Crippen LogP contribution in [0.5, 0.6) is 5.75 Å². The van der Waals surface area contributed by atoms with Gasteiger partial charge in [-0.15, -0.1) is 0 Å². The number of benzene rings is 2. The van der Waals surface area contributed by atoms with Gasteiger partial charge in [-0.1, -0.05) is 42.5 Å². The lowest BCUT2D eigenvalue weighted by molar-refractivity contribution is 0.210. The molecule has 0 saturated carbocycles. The molecule has 0 radical (unpaired) electrons. The SMILES string of the molecule is NC(=O)Oc1ccc(C(O)c2ccccc2)cc1. The molecule has 1 atom stereocenters. The standard InChI is InChI=1S/C14H13NO3/c15-14(17)18-12-8-6-11(7-9-12)13(16)10-4-2-1-3-5-10/h1-9,13,16H,(H2,15,17). The van der Waals surface area contributed by atoms with Gasteiger partial charge in [0, 0.05) is 0 Å². The largest absolute Gasteiger partial charge is 0.411 e. The average Bonchev–Trinajstić information content (AvgIpc) is 2.39. The number of primary amides is 1. The topological polar surface area (TPSA) is 72.6 Å². The second-order valence-corrected chi connectivity index (χ2v) is 3.80. The minimum absolute atomic E-state index is 0.353. The van der Waals surface area contributed by atoms with Crippen LogP contribution in [0.2, 0.25) is 0 Å². The van der Waals surface area contributed by atoms with Crippen molar-refractivity contribution in [1.82, 2.24) is 0 Å². The quantitative estimate of drug-likeness (QED) is 0.868. The van der Waals surface area contributed by atoms with Gasteiger partial charge in [-0.05, 0) is 23.3 Å². The molecule has 2 aromatic rings. The Morgan fingerprint density at radius 3 is 2.11 bits per heavy atom. The van der Waals surface area contributed by atoms with E-state index in [4.69, 9.17) is 10.5 Å². The number of rotatable bonds is 3. The number of ether oxygens (including phenoxy) is 1. The van der Waals surface area contributed by atoms with Gasteiger partial charge >= 0.3 is 6.09 Å². The molecule has 0 bridgehead atoms. The summed E-state index contributed by atoms with van der Waals surface area (Å²) in [5.41, 5.74) is 6.43. The van der Waals surface area contributed by atoms with E-state index in [0.29, 0.717) is 5.75 Å². The number of aliphatic hydroxyl groups is 1. The Bertz CT molecular complexity index is 522. The molecule has 1 amide bonds. The molecule has 0 aliphatic rings. The van der Waals surface area contributed by atoms with Gasteiger partial charge < -0.3 is 15.6 Å². The Morgan fingerprint density at radius 1 is 1.00 bits per heavy atom. The molecule has 0 aliphatic carbocycles. The number of nitrogens with two attached hydrogens (primary N) is 1. The molecule has 0 saturated heterocycles. The number of carbonyl (C=O) groups is 1. The van der Waals surface area contributed by atoms with Crippen molar-refractivity contribution >= 4 is 6.09 Å². The van der Waals surface area contributed by atoms with Gasteiger partial charge in [0.2, 0.25) is 0 Å². The zero-order valence-electron chi connectivity index (χ0n) is 9.61. The summed E-state index contributed by atoms with van der Waals surface area (Å²) in [6.07, 6.45) is -1.56. The zero-order chi connectivity index (χ0) is 13.0. The van der Waals surface area contributed by atoms with Gasteiger partial charge in [0.15, 0.2) is 0 Å². The molecule has 3 N–H and O–H groups in total. The van der Waals surface area contributed by atoms with E-state index in [0.717, 1.165) is 11.1 Å². The predicted octanol–water partition coefficient (Wildman–Crippen LogP) is 2.23. The van der Waals surface area contributed by atoms with Gasteiger partial charge in [0.25, 0.3) is 0 Å². The third-order valence-corrected chi connectivity index (χ3v) is 2.53. The molecule has 2 aromatic carbocycles. The number of hydrogen-bond acceptors (Lipinski definition) is 3. The van der Waals surface area contributed by atoms with Crippen molar-refractivity contribution in [3.8, 4) is 5.75 Å². The Labute approximate surface area is 105 Å². The van der Waals surface area contributed by atoms with Crippen LogP contribution in [0.4, 0.5) is 4.79 Å². The van der Waals surface area contributed by atoms with E-state index in [1.807, 2.05) is 30.3 Å². The van der Waals surface area contributed by atoms with Crippen LogP contribution in [0.3, 0.4) is 0 Å². The maximum Gasteiger partial charge on any atom is 0.409 e. The van der Waals surface area contributed by atoms with Crippen molar-refractivity contribution in [1.29, 1.82) is 0 Å². The molecule has 0 heterocycles. The van der Waals surface area contributed by atoms with Gasteiger partial charge in [-0.2, -0.15) is 0 Å². The van der Waals surface area contributed by atoms with E-state index in [1.165, 1.54) is 0 Å². The maximum atomic E-state index is 10.6. The van der Waals surface area contributed by atoms with E-state index in [1.54, 1.807) is 24.3 Å². The third-order valence-electron chi connectivity index (χ3n) is 2.53. The summed E-state index contributed by atoms with van der Waals surface area (Å²) in [7, 11) is 0. The smallest absolute Gasteiger partial charge is 0.409 e. The normalized spacial score (nSPS) is 11.8. The highest BCUT2D eigenvalue weighted by Gasteiger charge is 2.09. The Balaban J connectivity index is 2.17. The van der Waals surface area contributed by atoms with Crippen molar-refractivity contribution in [3.63, 3.8) is 0 Å². The highest BCUT2D eigenvalue weighted by atomic mass is 16.5. The Kier molecular flexibility index (Phi) is 3.60. The fourth-order valence-corrected chi connectivity index (χ4v) is 1.66. The van der Waals surface area contributed by atoms with Gasteiger partial charge in [0.05, 0.1) is 0 Å². The molecule has 0 spiro atoms. The van der Waals surface area contributed by atoms with Gasteiger partial charge in [0.1, 0.15) is 11.9 Å². The highest BCUT2D eigenvalue weighted by Crippen LogP contribution is 2.23. The molecule has 92 valence electrons. The summed E-state index contributed by atoms with van der Waals surface area (Å²) in [5.74, 6) is 0.353. The monoisotopic (exact) mass is 243 g/mol. The van der Waals surface area contributed by atoms with Crippen LogP contribution in [0.15, 0.2) is 54.6 Å². The molecule has 18 heavy (non-hydrogen) atoms. The molecular weight excluding hydrogens is 230 g/mol. The summed E-state index contributed by atoms with van der Waals surface area (Å²) in [4.78, 5) is 10.6. The van der Waals surface area contributed by atoms with Crippen LogP contribution >= 0.6 is 0 Å². The number of amides is 1. The van der Waals surface area contributed by atoms with Crippen molar-refractivity contribution < 1.29 is 14.6 Å². The number of hydrogen-bond donors (Lipinski definition) is 2. The van der Waals surface area contributed by atoms with E-state index in [-0.39, 0.29) is 0 Å². The first-order chi connectivity index (χ1) is 8.66. The van der Waals surface area contributed by atoms with Crippen LogP contribution in [0, 0.1) is 0 Å². The minimum atomic E-state index is -0.855. The van der Waals surface area contributed by atoms with Crippen molar-refractivity contribution in [2.24, 2.45) is 5.73 Å². The average molecular weight is 243 g/mol. The lowest BCUT2D eigenvalue weighted by Crippen LogP contribution is -2.16. The fraction of sp³-hybridized carbons (Fsp3) is 0.0714. The van der Waals surface area contributed by atoms with E-state index < -0.39 is 12.2 Å². The van der Waals surface area contributed by atoms with Crippen molar-refractivity contribution in [3.05, 3.63) is 65.7 Å². The molecule has 4 nitrogen and oxygen atoms in total. The number of aliphatic hydroxyl groups excluding tert-OH is 1. The molecule has 4 heteroatoms. The highest BCUT2D eigenvalue weighted by molar-refractivity contribution is 5.68. The van der Waals surface area contributed by atoms with Crippen LogP contribution in [-0.2, 0) is 0 Å². The van der Waals surface area contributed by atoms with Crippen LogP contribution in [0.25, 0.3) is 0 Å². The maximum absolute atomic E-state index is 10.6. The molecular formula is C14H13NO3. The van der Waals surface area contributed by atoms with Crippen molar-refractivity contribution in [2.75, 3.05) is 0 Å². The molecule has 0 aromatic heterocycles. The van der Waals surface area contributed by atoms with E-state index >= 15 is 0 Å². The number of carbonyl (C=O) groups excluding carboxylic acids is 1. The first-order valence-corrected chi connectivity index (χ1v) is 5.47. The van der Waals surface area contributed by atoms with Gasteiger partial charge in [-0.25, -0.2) is 4.79 Å². The Hall–Kier alpha value is -2.33. The van der Waals surface area contributed by atoms with Crippen LogP contribution in [0.1, 0.15) is 17.2 Å². The molecule has 0 aliphatic heterocycles. The first kappa shape index (κ1) is 12.1. The lowest BCUT2D eigenvalue weighted by atomic mass is 10.0. The first-order valence-electron chi connectivity index (χ1n) is 5.47. The van der Waals surface area contributed by atoms with Crippen LogP contribution in [-0.4, -0.2) is 11.2 Å². The van der Waals surface area contributed by atoms with Crippen molar-refractivity contribution in [2.45, 2.75) is 6.10 Å². The molecule has 2 rings (SSSR count).